The summed E-state index contributed by atoms with van der Waals surface area (Å²) in [5.41, 5.74) is 3.75. The predicted molar refractivity (Wildman–Crippen MR) is 100 cm³/mol. The molecule has 1 aromatic heterocycles. The molecule has 3 rings (SSSR count). The van der Waals surface area contributed by atoms with Gasteiger partial charge >= 0.3 is 0 Å². The highest BCUT2D eigenvalue weighted by atomic mass is 35.5. The molecule has 0 aliphatic rings. The fourth-order valence-electron chi connectivity index (χ4n) is 2.30. The molecule has 0 saturated heterocycles. The van der Waals surface area contributed by atoms with Crippen LogP contribution < -0.4 is 0 Å². The lowest BCUT2D eigenvalue weighted by atomic mass is 10.0. The van der Waals surface area contributed by atoms with Crippen LogP contribution in [0.4, 0.5) is 0 Å². The van der Waals surface area contributed by atoms with Crippen LogP contribution in [0.2, 0.25) is 5.02 Å². The topological polar surface area (TPSA) is 56.0 Å². The van der Waals surface area contributed by atoms with E-state index < -0.39 is 0 Å². The molecule has 128 valence electrons. The smallest absolute Gasteiger partial charge is 0.277 e. The summed E-state index contributed by atoms with van der Waals surface area (Å²) in [6, 6.07) is 12.9. The number of nitrogens with zero attached hydrogens (tertiary/aromatic N) is 2. The molecule has 1 heterocycles. The van der Waals surface area contributed by atoms with Crippen molar-refractivity contribution in [3.8, 4) is 11.5 Å². The van der Waals surface area contributed by atoms with E-state index in [4.69, 9.17) is 16.0 Å². The van der Waals surface area contributed by atoms with Crippen molar-refractivity contribution >= 4 is 29.1 Å². The van der Waals surface area contributed by atoms with Crippen LogP contribution in [0.25, 0.3) is 11.5 Å². The number of rotatable bonds is 5. The van der Waals surface area contributed by atoms with E-state index in [-0.39, 0.29) is 11.0 Å². The molecular formula is C19H17ClN2O2S. The standard InChI is InChI=1S/C19H17ClN2O2S/c1-11-4-5-15(10-12(11)2)17(23)13(3)25-19-22-21-18(24-19)14-6-8-16(20)9-7-14/h4-10,13H,1-3H3. The molecule has 0 spiro atoms. The highest BCUT2D eigenvalue weighted by Gasteiger charge is 2.20. The van der Waals surface area contributed by atoms with Crippen molar-refractivity contribution in [2.24, 2.45) is 0 Å². The van der Waals surface area contributed by atoms with Gasteiger partial charge in [-0.25, -0.2) is 0 Å². The monoisotopic (exact) mass is 372 g/mol. The Kier molecular flexibility index (Phi) is 5.25. The van der Waals surface area contributed by atoms with E-state index in [9.17, 15) is 4.79 Å². The highest BCUT2D eigenvalue weighted by molar-refractivity contribution is 8.00. The molecule has 0 N–H and O–H groups in total. The van der Waals surface area contributed by atoms with Gasteiger partial charge in [0.15, 0.2) is 5.78 Å². The van der Waals surface area contributed by atoms with Crippen LogP contribution in [0.1, 0.15) is 28.4 Å². The van der Waals surface area contributed by atoms with Crippen molar-refractivity contribution in [2.75, 3.05) is 0 Å². The van der Waals surface area contributed by atoms with Gasteiger partial charge in [-0.1, -0.05) is 35.5 Å². The number of benzene rings is 2. The fraction of sp³-hybridized carbons (Fsp3) is 0.211. The van der Waals surface area contributed by atoms with E-state index in [1.165, 1.54) is 17.3 Å². The molecule has 1 atom stereocenters. The second kappa shape index (κ2) is 7.42. The third-order valence-corrected chi connectivity index (χ3v) is 5.12. The summed E-state index contributed by atoms with van der Waals surface area (Å²) in [4.78, 5) is 12.6. The number of thioether (sulfide) groups is 1. The van der Waals surface area contributed by atoms with Gasteiger partial charge in [-0.05, 0) is 62.2 Å². The minimum absolute atomic E-state index is 0.0411. The Hall–Kier alpha value is -2.11. The first-order valence-corrected chi connectivity index (χ1v) is 9.07. The SMILES string of the molecule is Cc1ccc(C(=O)C(C)Sc2nnc(-c3ccc(Cl)cc3)o2)cc1C. The zero-order chi connectivity index (χ0) is 18.0. The first-order chi connectivity index (χ1) is 11.9. The Morgan fingerprint density at radius 1 is 1.08 bits per heavy atom. The predicted octanol–water partition coefficient (Wildman–Crippen LogP) is 5.37. The van der Waals surface area contributed by atoms with Crippen LogP contribution in [0.15, 0.2) is 52.1 Å². The highest BCUT2D eigenvalue weighted by Crippen LogP contribution is 2.28. The number of aryl methyl sites for hydroxylation is 2. The zero-order valence-electron chi connectivity index (χ0n) is 14.1. The summed E-state index contributed by atoms with van der Waals surface area (Å²) in [7, 11) is 0. The Morgan fingerprint density at radius 3 is 2.48 bits per heavy atom. The van der Waals surface area contributed by atoms with Gasteiger partial charge < -0.3 is 4.42 Å². The number of hydrogen-bond donors (Lipinski definition) is 0. The Morgan fingerprint density at radius 2 is 1.80 bits per heavy atom. The second-order valence-electron chi connectivity index (χ2n) is 5.80. The Balaban J connectivity index is 1.72. The summed E-state index contributed by atoms with van der Waals surface area (Å²) in [6.07, 6.45) is 0. The lowest BCUT2D eigenvalue weighted by Gasteiger charge is -2.09. The third kappa shape index (κ3) is 4.11. The van der Waals surface area contributed by atoms with E-state index in [2.05, 4.69) is 10.2 Å². The molecule has 6 heteroatoms. The summed E-state index contributed by atoms with van der Waals surface area (Å²) in [5, 5.41) is 8.75. The maximum atomic E-state index is 12.6. The van der Waals surface area contributed by atoms with Crippen LogP contribution in [-0.2, 0) is 0 Å². The molecule has 1 unspecified atom stereocenters. The Labute approximate surface area is 155 Å². The number of aromatic nitrogens is 2. The van der Waals surface area contributed by atoms with Crippen LogP contribution in [-0.4, -0.2) is 21.2 Å². The van der Waals surface area contributed by atoms with Crippen molar-refractivity contribution in [1.82, 2.24) is 10.2 Å². The lowest BCUT2D eigenvalue weighted by Crippen LogP contribution is -2.13. The maximum Gasteiger partial charge on any atom is 0.277 e. The first-order valence-electron chi connectivity index (χ1n) is 7.81. The van der Waals surface area contributed by atoms with Crippen LogP contribution in [0.3, 0.4) is 0 Å². The van der Waals surface area contributed by atoms with Gasteiger partial charge in [0.2, 0.25) is 5.89 Å². The third-order valence-electron chi connectivity index (χ3n) is 3.94. The van der Waals surface area contributed by atoms with E-state index in [1.807, 2.05) is 51.1 Å². The van der Waals surface area contributed by atoms with Gasteiger partial charge in [0, 0.05) is 16.1 Å². The molecule has 0 aliphatic carbocycles. The fourth-order valence-corrected chi connectivity index (χ4v) is 3.19. The largest absolute Gasteiger partial charge is 0.411 e. The minimum atomic E-state index is -0.319. The van der Waals surface area contributed by atoms with E-state index in [0.717, 1.165) is 11.1 Å². The maximum absolute atomic E-state index is 12.6. The van der Waals surface area contributed by atoms with Gasteiger partial charge in [-0.2, -0.15) is 0 Å². The summed E-state index contributed by atoms with van der Waals surface area (Å²) < 4.78 is 5.65. The van der Waals surface area contributed by atoms with Crippen molar-refractivity contribution in [3.05, 3.63) is 64.2 Å². The molecule has 0 saturated carbocycles. The average molecular weight is 373 g/mol. The molecular weight excluding hydrogens is 356 g/mol. The number of carbonyl (C=O) groups excluding carboxylic acids is 1. The van der Waals surface area contributed by atoms with Crippen molar-refractivity contribution < 1.29 is 9.21 Å². The van der Waals surface area contributed by atoms with Gasteiger partial charge in [-0.3, -0.25) is 4.79 Å². The van der Waals surface area contributed by atoms with Crippen LogP contribution in [0, 0.1) is 13.8 Å². The van der Waals surface area contributed by atoms with E-state index in [1.54, 1.807) is 12.1 Å². The van der Waals surface area contributed by atoms with Crippen molar-refractivity contribution in [2.45, 2.75) is 31.2 Å². The van der Waals surface area contributed by atoms with Gasteiger partial charge in [0.25, 0.3) is 5.22 Å². The van der Waals surface area contributed by atoms with Crippen molar-refractivity contribution in [3.63, 3.8) is 0 Å². The summed E-state index contributed by atoms with van der Waals surface area (Å²) in [5.74, 6) is 0.448. The number of halogens is 1. The molecule has 4 nitrogen and oxygen atoms in total. The number of carbonyl (C=O) groups is 1. The summed E-state index contributed by atoms with van der Waals surface area (Å²) >= 11 is 7.14. The average Bonchev–Trinajstić information content (AvgIpc) is 3.05. The number of Topliss-reactive ketones (excluding diaryl/α,β-unsaturated/α-hetero) is 1. The lowest BCUT2D eigenvalue weighted by molar-refractivity contribution is 0.0993. The van der Waals surface area contributed by atoms with E-state index >= 15 is 0 Å². The zero-order valence-corrected chi connectivity index (χ0v) is 15.7. The second-order valence-corrected chi connectivity index (χ2v) is 7.53. The van der Waals surface area contributed by atoms with Crippen molar-refractivity contribution in [1.29, 1.82) is 0 Å². The first kappa shape index (κ1) is 17.7. The Bertz CT molecular complexity index is 906. The molecule has 25 heavy (non-hydrogen) atoms. The van der Waals surface area contributed by atoms with Crippen LogP contribution in [0.5, 0.6) is 0 Å². The molecule has 0 fully saturated rings. The molecule has 0 aliphatic heterocycles. The van der Waals surface area contributed by atoms with Gasteiger partial charge in [-0.15, -0.1) is 10.2 Å². The molecule has 0 bridgehead atoms. The molecule has 0 amide bonds. The quantitative estimate of drug-likeness (QED) is 0.445. The molecule has 2 aromatic carbocycles. The van der Waals surface area contributed by atoms with Gasteiger partial charge in [0.05, 0.1) is 5.25 Å². The molecule has 0 radical (unpaired) electrons. The normalized spacial score (nSPS) is 12.2. The van der Waals surface area contributed by atoms with Crippen LogP contribution >= 0.6 is 23.4 Å². The van der Waals surface area contributed by atoms with E-state index in [0.29, 0.717) is 21.7 Å². The minimum Gasteiger partial charge on any atom is -0.411 e. The molecule has 3 aromatic rings. The summed E-state index contributed by atoms with van der Waals surface area (Å²) in [6.45, 7) is 5.87. The number of hydrogen-bond acceptors (Lipinski definition) is 5. The number of ketones is 1. The van der Waals surface area contributed by atoms with Gasteiger partial charge in [0.1, 0.15) is 0 Å².